The lowest BCUT2D eigenvalue weighted by Gasteiger charge is -2.25. The van der Waals surface area contributed by atoms with Gasteiger partial charge in [-0.3, -0.25) is 0 Å². The lowest BCUT2D eigenvalue weighted by molar-refractivity contribution is 0.459. The van der Waals surface area contributed by atoms with Gasteiger partial charge in [-0.1, -0.05) is 25.5 Å². The molecule has 0 aromatic heterocycles. The zero-order valence-corrected chi connectivity index (χ0v) is 13.7. The highest BCUT2D eigenvalue weighted by molar-refractivity contribution is 5.54. The van der Waals surface area contributed by atoms with E-state index in [1.807, 2.05) is 0 Å². The number of rotatable bonds is 5. The molecule has 21 heavy (non-hydrogen) atoms. The predicted molar refractivity (Wildman–Crippen MR) is 90.9 cm³/mol. The Morgan fingerprint density at radius 2 is 2.00 bits per heavy atom. The van der Waals surface area contributed by atoms with Gasteiger partial charge in [0.15, 0.2) is 0 Å². The summed E-state index contributed by atoms with van der Waals surface area (Å²) in [6.07, 6.45) is 8.20. The van der Waals surface area contributed by atoms with Crippen LogP contribution in [0.15, 0.2) is 18.2 Å². The van der Waals surface area contributed by atoms with Crippen molar-refractivity contribution in [1.29, 1.82) is 0 Å². The summed E-state index contributed by atoms with van der Waals surface area (Å²) >= 11 is 0. The molecule has 1 N–H and O–H groups in total. The van der Waals surface area contributed by atoms with Gasteiger partial charge in [0.05, 0.1) is 0 Å². The molecular weight excluding hydrogens is 256 g/mol. The summed E-state index contributed by atoms with van der Waals surface area (Å²) in [5.74, 6) is 0.942. The van der Waals surface area contributed by atoms with E-state index in [9.17, 15) is 0 Å². The first-order valence-electron chi connectivity index (χ1n) is 8.84. The van der Waals surface area contributed by atoms with Crippen LogP contribution in [0.2, 0.25) is 0 Å². The van der Waals surface area contributed by atoms with Crippen LogP contribution in [0.25, 0.3) is 0 Å². The number of benzene rings is 1. The number of hydrogen-bond donors (Lipinski definition) is 1. The van der Waals surface area contributed by atoms with Crippen LogP contribution in [-0.4, -0.2) is 19.1 Å². The largest absolute Gasteiger partial charge is 0.371 e. The van der Waals surface area contributed by atoms with E-state index < -0.39 is 0 Å². The van der Waals surface area contributed by atoms with E-state index in [0.717, 1.165) is 18.5 Å². The molecule has 1 saturated carbocycles. The SMILES string of the molecule is CCC1CCCN(c2ccc(CNC3CC3)cc2C)CC1. The average Bonchev–Trinajstić information content (AvgIpc) is 3.32. The molecule has 2 fully saturated rings. The minimum absolute atomic E-state index is 0.793. The molecule has 1 heterocycles. The van der Waals surface area contributed by atoms with Crippen molar-refractivity contribution in [1.82, 2.24) is 5.32 Å². The fraction of sp³-hybridized carbons (Fsp3) is 0.684. The van der Waals surface area contributed by atoms with Gasteiger partial charge in [0.25, 0.3) is 0 Å². The Kier molecular flexibility index (Phi) is 4.84. The number of nitrogens with zero attached hydrogens (tertiary/aromatic N) is 1. The summed E-state index contributed by atoms with van der Waals surface area (Å²) in [6.45, 7) is 8.12. The molecule has 116 valence electrons. The van der Waals surface area contributed by atoms with Crippen LogP contribution in [-0.2, 0) is 6.54 Å². The van der Waals surface area contributed by atoms with Gasteiger partial charge < -0.3 is 10.2 Å². The predicted octanol–water partition coefficient (Wildman–Crippen LogP) is 4.26. The second kappa shape index (κ2) is 6.83. The number of nitrogens with one attached hydrogen (secondary N) is 1. The highest BCUT2D eigenvalue weighted by Gasteiger charge is 2.20. The molecule has 1 aromatic rings. The lowest BCUT2D eigenvalue weighted by atomic mass is 9.98. The van der Waals surface area contributed by atoms with Gasteiger partial charge in [0.2, 0.25) is 0 Å². The van der Waals surface area contributed by atoms with Crippen LogP contribution < -0.4 is 10.2 Å². The molecule has 0 bridgehead atoms. The Labute approximate surface area is 129 Å². The number of aryl methyl sites for hydroxylation is 1. The van der Waals surface area contributed by atoms with E-state index in [0.29, 0.717) is 0 Å². The molecule has 2 heteroatoms. The van der Waals surface area contributed by atoms with Crippen molar-refractivity contribution >= 4 is 5.69 Å². The van der Waals surface area contributed by atoms with E-state index in [4.69, 9.17) is 0 Å². The molecule has 3 rings (SSSR count). The standard InChI is InChI=1S/C19H30N2/c1-3-16-5-4-11-21(12-10-16)19-9-6-17(13-15(19)2)14-20-18-7-8-18/h6,9,13,16,18,20H,3-5,7-8,10-12,14H2,1-2H3. The van der Waals surface area contributed by atoms with Crippen molar-refractivity contribution in [2.24, 2.45) is 5.92 Å². The maximum absolute atomic E-state index is 3.61. The maximum atomic E-state index is 3.61. The summed E-state index contributed by atoms with van der Waals surface area (Å²) in [5, 5.41) is 3.61. The summed E-state index contributed by atoms with van der Waals surface area (Å²) in [4.78, 5) is 2.61. The zero-order valence-electron chi connectivity index (χ0n) is 13.7. The van der Waals surface area contributed by atoms with Crippen molar-refractivity contribution in [3.63, 3.8) is 0 Å². The molecule has 2 aliphatic rings. The van der Waals surface area contributed by atoms with E-state index in [1.165, 1.54) is 68.4 Å². The highest BCUT2D eigenvalue weighted by atomic mass is 15.1. The molecule has 0 radical (unpaired) electrons. The lowest BCUT2D eigenvalue weighted by Crippen LogP contribution is -2.25. The Hall–Kier alpha value is -1.02. The second-order valence-corrected chi connectivity index (χ2v) is 6.97. The van der Waals surface area contributed by atoms with E-state index >= 15 is 0 Å². The second-order valence-electron chi connectivity index (χ2n) is 6.97. The molecule has 1 unspecified atom stereocenters. The monoisotopic (exact) mass is 286 g/mol. The Bertz CT molecular complexity index is 465. The van der Waals surface area contributed by atoms with Gasteiger partial charge in [0, 0.05) is 31.4 Å². The van der Waals surface area contributed by atoms with Crippen molar-refractivity contribution in [3.8, 4) is 0 Å². The van der Waals surface area contributed by atoms with Crippen LogP contribution >= 0.6 is 0 Å². The van der Waals surface area contributed by atoms with Crippen molar-refractivity contribution < 1.29 is 0 Å². The maximum Gasteiger partial charge on any atom is 0.0396 e. The van der Waals surface area contributed by atoms with Crippen LogP contribution in [0, 0.1) is 12.8 Å². The van der Waals surface area contributed by atoms with Crippen molar-refractivity contribution in [2.45, 2.75) is 65.0 Å². The molecule has 2 nitrogen and oxygen atoms in total. The third kappa shape index (κ3) is 4.00. The summed E-state index contributed by atoms with van der Waals surface area (Å²) in [7, 11) is 0. The quantitative estimate of drug-likeness (QED) is 0.870. The molecule has 0 spiro atoms. The van der Waals surface area contributed by atoms with E-state index in [1.54, 1.807) is 0 Å². The van der Waals surface area contributed by atoms with Gasteiger partial charge in [-0.2, -0.15) is 0 Å². The van der Waals surface area contributed by atoms with Gasteiger partial charge in [-0.15, -0.1) is 0 Å². The molecule has 1 aromatic carbocycles. The number of anilines is 1. The van der Waals surface area contributed by atoms with Crippen LogP contribution in [0.5, 0.6) is 0 Å². The minimum Gasteiger partial charge on any atom is -0.371 e. The van der Waals surface area contributed by atoms with Crippen LogP contribution in [0.4, 0.5) is 5.69 Å². The highest BCUT2D eigenvalue weighted by Crippen LogP contribution is 2.27. The fourth-order valence-electron chi connectivity index (χ4n) is 3.55. The van der Waals surface area contributed by atoms with Gasteiger partial charge in [0.1, 0.15) is 0 Å². The topological polar surface area (TPSA) is 15.3 Å². The smallest absolute Gasteiger partial charge is 0.0396 e. The average molecular weight is 286 g/mol. The van der Waals surface area contributed by atoms with Gasteiger partial charge >= 0.3 is 0 Å². The van der Waals surface area contributed by atoms with Gasteiger partial charge in [-0.25, -0.2) is 0 Å². The number of hydrogen-bond acceptors (Lipinski definition) is 2. The zero-order chi connectivity index (χ0) is 14.7. The molecule has 1 saturated heterocycles. The van der Waals surface area contributed by atoms with Crippen LogP contribution in [0.1, 0.15) is 56.6 Å². The summed E-state index contributed by atoms with van der Waals surface area (Å²) < 4.78 is 0. The molecule has 0 amide bonds. The van der Waals surface area contributed by atoms with Crippen molar-refractivity contribution in [2.75, 3.05) is 18.0 Å². The third-order valence-electron chi connectivity index (χ3n) is 5.20. The Balaban J connectivity index is 1.63. The van der Waals surface area contributed by atoms with Gasteiger partial charge in [-0.05, 0) is 62.1 Å². The molecule has 1 aliphatic carbocycles. The van der Waals surface area contributed by atoms with Crippen LogP contribution in [0.3, 0.4) is 0 Å². The third-order valence-corrected chi connectivity index (χ3v) is 5.20. The van der Waals surface area contributed by atoms with Crippen molar-refractivity contribution in [3.05, 3.63) is 29.3 Å². The normalized spacial score (nSPS) is 23.1. The minimum atomic E-state index is 0.793. The summed E-state index contributed by atoms with van der Waals surface area (Å²) in [5.41, 5.74) is 4.34. The Morgan fingerprint density at radius 3 is 2.71 bits per heavy atom. The summed E-state index contributed by atoms with van der Waals surface area (Å²) in [6, 6.07) is 7.85. The van der Waals surface area contributed by atoms with E-state index in [-0.39, 0.29) is 0 Å². The first-order chi connectivity index (χ1) is 10.3. The Morgan fingerprint density at radius 1 is 1.14 bits per heavy atom. The first-order valence-corrected chi connectivity index (χ1v) is 8.84. The molecule has 1 atom stereocenters. The molecule has 1 aliphatic heterocycles. The molecular formula is C19H30N2. The fourth-order valence-corrected chi connectivity index (χ4v) is 3.55. The first kappa shape index (κ1) is 14.9. The van der Waals surface area contributed by atoms with E-state index in [2.05, 4.69) is 42.3 Å².